The van der Waals surface area contributed by atoms with Crippen molar-refractivity contribution >= 4 is 17.5 Å². The lowest BCUT2D eigenvalue weighted by Gasteiger charge is -2.33. The third-order valence-electron chi connectivity index (χ3n) is 5.31. The van der Waals surface area contributed by atoms with E-state index in [1.165, 1.54) is 0 Å². The molecule has 1 aromatic carbocycles. The quantitative estimate of drug-likeness (QED) is 0.844. The highest BCUT2D eigenvalue weighted by Crippen LogP contribution is 2.21. The molecule has 3 rings (SSSR count). The van der Waals surface area contributed by atoms with Crippen molar-refractivity contribution in [2.24, 2.45) is 5.92 Å². The summed E-state index contributed by atoms with van der Waals surface area (Å²) in [4.78, 5) is 28.8. The summed E-state index contributed by atoms with van der Waals surface area (Å²) in [6, 6.07) is 9.60. The van der Waals surface area contributed by atoms with Crippen LogP contribution in [0.4, 0.5) is 5.69 Å². The van der Waals surface area contributed by atoms with Gasteiger partial charge in [0.15, 0.2) is 0 Å². The number of nitrogens with zero attached hydrogens (tertiary/aromatic N) is 2. The lowest BCUT2D eigenvalue weighted by atomic mass is 9.95. The number of carbonyl (C=O) groups excluding carboxylic acids is 2. The van der Waals surface area contributed by atoms with E-state index in [0.29, 0.717) is 32.5 Å². The number of hydrogen-bond acceptors (Lipinski definition) is 4. The molecule has 2 aliphatic rings. The smallest absolute Gasteiger partial charge is 0.236 e. The van der Waals surface area contributed by atoms with Gasteiger partial charge in [-0.1, -0.05) is 18.2 Å². The Morgan fingerprint density at radius 2 is 1.80 bits per heavy atom. The molecule has 1 atom stereocenters. The zero-order chi connectivity index (χ0) is 17.6. The van der Waals surface area contributed by atoms with Crippen LogP contribution in [0.2, 0.25) is 0 Å². The van der Waals surface area contributed by atoms with Crippen molar-refractivity contribution in [1.29, 1.82) is 0 Å². The van der Waals surface area contributed by atoms with Crippen molar-refractivity contribution in [3.63, 3.8) is 0 Å². The maximum atomic E-state index is 12.5. The third kappa shape index (κ3) is 4.58. The third-order valence-corrected chi connectivity index (χ3v) is 5.31. The Balaban J connectivity index is 1.45. The molecule has 136 valence electrons. The van der Waals surface area contributed by atoms with E-state index >= 15 is 0 Å². The van der Waals surface area contributed by atoms with E-state index in [1.54, 1.807) is 0 Å². The van der Waals surface area contributed by atoms with Crippen LogP contribution in [0.1, 0.15) is 25.7 Å². The van der Waals surface area contributed by atoms with Gasteiger partial charge in [-0.15, -0.1) is 0 Å². The number of anilines is 1. The van der Waals surface area contributed by atoms with E-state index in [9.17, 15) is 14.7 Å². The minimum atomic E-state index is -0.0405. The topological polar surface area (TPSA) is 72.9 Å². The van der Waals surface area contributed by atoms with Crippen molar-refractivity contribution in [2.45, 2.75) is 31.7 Å². The van der Waals surface area contributed by atoms with Gasteiger partial charge in [0.25, 0.3) is 0 Å². The van der Waals surface area contributed by atoms with Gasteiger partial charge in [0.05, 0.1) is 13.2 Å². The first-order valence-corrected chi connectivity index (χ1v) is 9.16. The molecular weight excluding hydrogens is 318 g/mol. The first kappa shape index (κ1) is 17.9. The highest BCUT2D eigenvalue weighted by atomic mass is 16.3. The van der Waals surface area contributed by atoms with Crippen molar-refractivity contribution in [3.8, 4) is 0 Å². The van der Waals surface area contributed by atoms with Gasteiger partial charge >= 0.3 is 0 Å². The molecule has 25 heavy (non-hydrogen) atoms. The summed E-state index contributed by atoms with van der Waals surface area (Å²) in [5.74, 6) is 0.113. The highest BCUT2D eigenvalue weighted by Gasteiger charge is 2.30. The van der Waals surface area contributed by atoms with Gasteiger partial charge < -0.3 is 15.3 Å². The predicted molar refractivity (Wildman–Crippen MR) is 96.1 cm³/mol. The SMILES string of the molecule is O=C(Nc1ccccc1)C1CCN(C(=O)CN2CCC[C@H]2CO)CC1. The van der Waals surface area contributed by atoms with E-state index < -0.39 is 0 Å². The number of aliphatic hydroxyl groups excluding tert-OH is 1. The molecule has 0 unspecified atom stereocenters. The van der Waals surface area contributed by atoms with Crippen LogP contribution < -0.4 is 5.32 Å². The number of nitrogens with one attached hydrogen (secondary N) is 1. The van der Waals surface area contributed by atoms with Crippen LogP contribution in [-0.2, 0) is 9.59 Å². The Kier molecular flexibility index (Phi) is 6.04. The summed E-state index contributed by atoms with van der Waals surface area (Å²) < 4.78 is 0. The molecule has 2 amide bonds. The van der Waals surface area contributed by atoms with Crippen LogP contribution in [0.3, 0.4) is 0 Å². The maximum Gasteiger partial charge on any atom is 0.236 e. The Hall–Kier alpha value is -1.92. The number of benzene rings is 1. The molecule has 0 saturated carbocycles. The fourth-order valence-electron chi connectivity index (χ4n) is 3.74. The number of amides is 2. The molecule has 6 nitrogen and oxygen atoms in total. The average molecular weight is 345 g/mol. The lowest BCUT2D eigenvalue weighted by molar-refractivity contribution is -0.135. The highest BCUT2D eigenvalue weighted by molar-refractivity contribution is 5.92. The van der Waals surface area contributed by atoms with Crippen molar-refractivity contribution in [1.82, 2.24) is 9.80 Å². The van der Waals surface area contributed by atoms with Crippen molar-refractivity contribution in [2.75, 3.05) is 38.1 Å². The summed E-state index contributed by atoms with van der Waals surface area (Å²) in [5.41, 5.74) is 0.815. The molecule has 0 radical (unpaired) electrons. The first-order chi connectivity index (χ1) is 12.2. The van der Waals surface area contributed by atoms with Gasteiger partial charge in [-0.25, -0.2) is 0 Å². The van der Waals surface area contributed by atoms with Gasteiger partial charge in [-0.3, -0.25) is 14.5 Å². The largest absolute Gasteiger partial charge is 0.395 e. The second-order valence-corrected chi connectivity index (χ2v) is 6.96. The van der Waals surface area contributed by atoms with Gasteiger partial charge in [0, 0.05) is 30.7 Å². The van der Waals surface area contributed by atoms with E-state index in [1.807, 2.05) is 35.2 Å². The van der Waals surface area contributed by atoms with Crippen molar-refractivity contribution in [3.05, 3.63) is 30.3 Å². The fraction of sp³-hybridized carbons (Fsp3) is 0.579. The monoisotopic (exact) mass is 345 g/mol. The summed E-state index contributed by atoms with van der Waals surface area (Å²) in [6.45, 7) is 2.64. The Morgan fingerprint density at radius 3 is 2.48 bits per heavy atom. The summed E-state index contributed by atoms with van der Waals surface area (Å²) in [7, 11) is 0. The van der Waals surface area contributed by atoms with Crippen molar-refractivity contribution < 1.29 is 14.7 Å². The molecule has 0 bridgehead atoms. The van der Waals surface area contributed by atoms with E-state index in [0.717, 1.165) is 25.1 Å². The summed E-state index contributed by atoms with van der Waals surface area (Å²) >= 11 is 0. The molecule has 2 saturated heterocycles. The molecule has 0 aliphatic carbocycles. The van der Waals surface area contributed by atoms with Gasteiger partial charge in [-0.2, -0.15) is 0 Å². The second kappa shape index (κ2) is 8.45. The number of carbonyl (C=O) groups is 2. The number of para-hydroxylation sites is 1. The normalized spacial score (nSPS) is 22.1. The number of rotatable bonds is 5. The lowest BCUT2D eigenvalue weighted by Crippen LogP contribution is -2.47. The Morgan fingerprint density at radius 1 is 1.08 bits per heavy atom. The fourth-order valence-corrected chi connectivity index (χ4v) is 3.74. The molecule has 2 fully saturated rings. The molecule has 2 heterocycles. The van der Waals surface area contributed by atoms with E-state index in [-0.39, 0.29) is 30.4 Å². The molecule has 0 aromatic heterocycles. The zero-order valence-electron chi connectivity index (χ0n) is 14.6. The first-order valence-electron chi connectivity index (χ1n) is 9.16. The van der Waals surface area contributed by atoms with E-state index in [4.69, 9.17) is 0 Å². The summed E-state index contributed by atoms with van der Waals surface area (Å²) in [5, 5.41) is 12.3. The molecule has 2 aliphatic heterocycles. The zero-order valence-corrected chi connectivity index (χ0v) is 14.6. The predicted octanol–water partition coefficient (Wildman–Crippen LogP) is 1.32. The maximum absolute atomic E-state index is 12.5. The molecule has 2 N–H and O–H groups in total. The Labute approximate surface area is 148 Å². The molecular formula is C19H27N3O3. The molecule has 1 aromatic rings. The number of likely N-dealkylation sites (tertiary alicyclic amines) is 2. The van der Waals surface area contributed by atoms with Crippen LogP contribution in [0.25, 0.3) is 0 Å². The van der Waals surface area contributed by atoms with E-state index in [2.05, 4.69) is 10.2 Å². The van der Waals surface area contributed by atoms with Gasteiger partial charge in [0.2, 0.25) is 11.8 Å². The van der Waals surface area contributed by atoms with Crippen LogP contribution in [0.5, 0.6) is 0 Å². The Bertz CT molecular complexity index is 585. The molecule has 0 spiro atoms. The summed E-state index contributed by atoms with van der Waals surface area (Å²) in [6.07, 6.45) is 3.41. The minimum Gasteiger partial charge on any atom is -0.395 e. The van der Waals surface area contributed by atoms with Crippen LogP contribution in [0, 0.1) is 5.92 Å². The number of hydrogen-bond donors (Lipinski definition) is 2. The number of aliphatic hydroxyl groups is 1. The van der Waals surface area contributed by atoms with Gasteiger partial charge in [0.1, 0.15) is 0 Å². The average Bonchev–Trinajstić information content (AvgIpc) is 3.09. The van der Waals surface area contributed by atoms with Crippen LogP contribution in [-0.4, -0.2) is 65.5 Å². The second-order valence-electron chi connectivity index (χ2n) is 6.96. The van der Waals surface area contributed by atoms with Gasteiger partial charge in [-0.05, 0) is 44.4 Å². The molecule has 6 heteroatoms. The standard InChI is InChI=1S/C19H27N3O3/c23-14-17-7-4-10-22(17)13-18(24)21-11-8-15(9-12-21)19(25)20-16-5-2-1-3-6-16/h1-3,5-6,15,17,23H,4,7-14H2,(H,20,25)/t17-/m0/s1. The minimum absolute atomic E-state index is 0.0400. The van der Waals surface area contributed by atoms with Crippen LogP contribution >= 0.6 is 0 Å². The van der Waals surface area contributed by atoms with Crippen LogP contribution in [0.15, 0.2) is 30.3 Å². The number of piperidine rings is 1.